The van der Waals surface area contributed by atoms with Crippen LogP contribution in [0.15, 0.2) is 24.3 Å². The number of ether oxygens (including phenoxy) is 1. The number of carbonyl (C=O) groups is 2. The molecule has 0 bridgehead atoms. The van der Waals surface area contributed by atoms with Crippen LogP contribution in [0.4, 0.5) is 5.69 Å². The first-order valence-electron chi connectivity index (χ1n) is 7.86. The Labute approximate surface area is 135 Å². The fourth-order valence-electron chi connectivity index (χ4n) is 3.07. The molecule has 2 heterocycles. The van der Waals surface area contributed by atoms with Gasteiger partial charge in [-0.1, -0.05) is 6.07 Å². The van der Waals surface area contributed by atoms with E-state index in [1.165, 1.54) is 0 Å². The van der Waals surface area contributed by atoms with Crippen molar-refractivity contribution in [1.29, 1.82) is 5.26 Å². The summed E-state index contributed by atoms with van der Waals surface area (Å²) in [5, 5.41) is 11.7. The van der Waals surface area contributed by atoms with Crippen LogP contribution in [-0.2, 0) is 14.3 Å². The molecule has 6 nitrogen and oxygen atoms in total. The molecular formula is C17H19N3O3. The summed E-state index contributed by atoms with van der Waals surface area (Å²) in [4.78, 5) is 26.1. The van der Waals surface area contributed by atoms with Crippen LogP contribution in [0.5, 0.6) is 0 Å². The van der Waals surface area contributed by atoms with Gasteiger partial charge in [0.25, 0.3) is 0 Å². The average molecular weight is 313 g/mol. The smallest absolute Gasteiger partial charge is 0.229 e. The summed E-state index contributed by atoms with van der Waals surface area (Å²) in [6.07, 6.45) is 2.34. The molecule has 0 radical (unpaired) electrons. The number of rotatable bonds is 4. The summed E-state index contributed by atoms with van der Waals surface area (Å²) < 4.78 is 5.56. The van der Waals surface area contributed by atoms with Crippen molar-refractivity contribution in [2.24, 2.45) is 5.92 Å². The Morgan fingerprint density at radius 2 is 2.35 bits per heavy atom. The zero-order valence-corrected chi connectivity index (χ0v) is 12.8. The number of hydrogen-bond acceptors (Lipinski definition) is 4. The number of hydrogen-bond donors (Lipinski definition) is 1. The number of nitriles is 1. The van der Waals surface area contributed by atoms with Gasteiger partial charge in [-0.2, -0.15) is 5.26 Å². The highest BCUT2D eigenvalue weighted by molar-refractivity contribution is 5.97. The van der Waals surface area contributed by atoms with E-state index in [1.807, 2.05) is 6.07 Å². The molecule has 2 aliphatic rings. The van der Waals surface area contributed by atoms with Crippen LogP contribution in [0.2, 0.25) is 0 Å². The Morgan fingerprint density at radius 1 is 1.48 bits per heavy atom. The zero-order valence-electron chi connectivity index (χ0n) is 12.8. The van der Waals surface area contributed by atoms with Crippen LogP contribution in [0.25, 0.3) is 0 Å². The van der Waals surface area contributed by atoms with Crippen molar-refractivity contribution in [1.82, 2.24) is 4.90 Å². The molecule has 0 aliphatic carbocycles. The van der Waals surface area contributed by atoms with Crippen LogP contribution in [-0.4, -0.2) is 42.5 Å². The molecule has 2 unspecified atom stereocenters. The molecule has 2 aliphatic heterocycles. The monoisotopic (exact) mass is 313 g/mol. The number of benzene rings is 1. The fraction of sp³-hybridized carbons (Fsp3) is 0.471. The van der Waals surface area contributed by atoms with Crippen molar-refractivity contribution < 1.29 is 14.3 Å². The Balaban J connectivity index is 1.57. The highest BCUT2D eigenvalue weighted by atomic mass is 16.5. The predicted octanol–water partition coefficient (Wildman–Crippen LogP) is 1.52. The van der Waals surface area contributed by atoms with E-state index in [0.29, 0.717) is 24.3 Å². The van der Waals surface area contributed by atoms with Crippen molar-refractivity contribution in [3.8, 4) is 6.07 Å². The summed E-state index contributed by atoms with van der Waals surface area (Å²) in [6.45, 7) is 1.76. The standard InChI is InChI=1S/C17H19N3O3/c18-9-12-3-1-4-14(7-12)19-17(22)13-8-16(21)20(10-13)11-15-5-2-6-23-15/h1,3-4,7,13,15H,2,5-6,8,10-11H2,(H,19,22). The van der Waals surface area contributed by atoms with Gasteiger partial charge >= 0.3 is 0 Å². The third-order valence-electron chi connectivity index (χ3n) is 4.29. The third-order valence-corrected chi connectivity index (χ3v) is 4.29. The van der Waals surface area contributed by atoms with Crippen LogP contribution >= 0.6 is 0 Å². The molecule has 1 aromatic carbocycles. The third kappa shape index (κ3) is 3.69. The first-order chi connectivity index (χ1) is 11.2. The lowest BCUT2D eigenvalue weighted by Gasteiger charge is -2.20. The van der Waals surface area contributed by atoms with Gasteiger partial charge in [-0.15, -0.1) is 0 Å². The van der Waals surface area contributed by atoms with Gasteiger partial charge in [0, 0.05) is 31.8 Å². The maximum atomic E-state index is 12.3. The van der Waals surface area contributed by atoms with Crippen LogP contribution in [0.3, 0.4) is 0 Å². The van der Waals surface area contributed by atoms with Crippen LogP contribution < -0.4 is 5.32 Å². The lowest BCUT2D eigenvalue weighted by atomic mass is 10.1. The highest BCUT2D eigenvalue weighted by Crippen LogP contribution is 2.23. The maximum absolute atomic E-state index is 12.3. The number of nitrogens with zero attached hydrogens (tertiary/aromatic N) is 2. The topological polar surface area (TPSA) is 82.4 Å². The zero-order chi connectivity index (χ0) is 16.2. The lowest BCUT2D eigenvalue weighted by Crippen LogP contribution is -2.34. The SMILES string of the molecule is N#Cc1cccc(NC(=O)C2CC(=O)N(CC3CCCO3)C2)c1. The number of amides is 2. The van der Waals surface area contributed by atoms with E-state index >= 15 is 0 Å². The summed E-state index contributed by atoms with van der Waals surface area (Å²) in [5.41, 5.74) is 1.07. The minimum absolute atomic E-state index is 0.00595. The fourth-order valence-corrected chi connectivity index (χ4v) is 3.07. The molecule has 23 heavy (non-hydrogen) atoms. The van der Waals surface area contributed by atoms with Gasteiger partial charge in [-0.25, -0.2) is 0 Å². The summed E-state index contributed by atoms with van der Waals surface area (Å²) in [6, 6.07) is 8.80. The Kier molecular flexibility index (Phi) is 4.58. The number of likely N-dealkylation sites (tertiary alicyclic amines) is 1. The molecule has 1 aromatic rings. The van der Waals surface area contributed by atoms with Crippen molar-refractivity contribution in [3.63, 3.8) is 0 Å². The van der Waals surface area contributed by atoms with Crippen molar-refractivity contribution in [3.05, 3.63) is 29.8 Å². The molecule has 120 valence electrons. The van der Waals surface area contributed by atoms with Gasteiger partial charge in [0.2, 0.25) is 11.8 Å². The predicted molar refractivity (Wildman–Crippen MR) is 83.4 cm³/mol. The first kappa shape index (κ1) is 15.5. The normalized spacial score (nSPS) is 23.8. The van der Waals surface area contributed by atoms with Crippen molar-refractivity contribution in [2.75, 3.05) is 25.0 Å². The summed E-state index contributed by atoms with van der Waals surface area (Å²) in [7, 11) is 0. The number of carbonyl (C=O) groups excluding carboxylic acids is 2. The molecule has 2 fully saturated rings. The molecule has 0 saturated carbocycles. The van der Waals surface area contributed by atoms with E-state index < -0.39 is 0 Å². The van der Waals surface area contributed by atoms with Crippen LogP contribution in [0.1, 0.15) is 24.8 Å². The van der Waals surface area contributed by atoms with Gasteiger partial charge < -0.3 is 15.0 Å². The molecule has 0 aromatic heterocycles. The molecule has 6 heteroatoms. The molecule has 3 rings (SSSR count). The Morgan fingerprint density at radius 3 is 3.09 bits per heavy atom. The molecule has 2 amide bonds. The molecule has 2 saturated heterocycles. The van der Waals surface area contributed by atoms with Gasteiger partial charge in [-0.3, -0.25) is 9.59 Å². The van der Waals surface area contributed by atoms with E-state index in [9.17, 15) is 9.59 Å². The van der Waals surface area contributed by atoms with Crippen molar-refractivity contribution >= 4 is 17.5 Å². The van der Waals surface area contributed by atoms with Gasteiger partial charge in [0.1, 0.15) is 0 Å². The van der Waals surface area contributed by atoms with Crippen molar-refractivity contribution in [2.45, 2.75) is 25.4 Å². The average Bonchev–Trinajstić information content (AvgIpc) is 3.18. The van der Waals surface area contributed by atoms with E-state index in [-0.39, 0.29) is 30.3 Å². The van der Waals surface area contributed by atoms with Gasteiger partial charge in [-0.05, 0) is 31.0 Å². The van der Waals surface area contributed by atoms with E-state index in [0.717, 1.165) is 19.4 Å². The second kappa shape index (κ2) is 6.80. The molecule has 2 atom stereocenters. The number of nitrogens with one attached hydrogen (secondary N) is 1. The largest absolute Gasteiger partial charge is 0.376 e. The van der Waals surface area contributed by atoms with Gasteiger partial charge in [0.05, 0.1) is 23.7 Å². The molecule has 1 N–H and O–H groups in total. The van der Waals surface area contributed by atoms with E-state index in [1.54, 1.807) is 29.2 Å². The second-order valence-corrected chi connectivity index (χ2v) is 6.02. The second-order valence-electron chi connectivity index (χ2n) is 6.02. The first-order valence-corrected chi connectivity index (χ1v) is 7.86. The van der Waals surface area contributed by atoms with E-state index in [4.69, 9.17) is 10.00 Å². The minimum atomic E-state index is -0.352. The summed E-state index contributed by atoms with van der Waals surface area (Å²) in [5.74, 6) is -0.524. The lowest BCUT2D eigenvalue weighted by molar-refractivity contribution is -0.129. The van der Waals surface area contributed by atoms with Crippen LogP contribution in [0, 0.1) is 17.2 Å². The Hall–Kier alpha value is -2.39. The number of anilines is 1. The Bertz CT molecular complexity index is 647. The van der Waals surface area contributed by atoms with E-state index in [2.05, 4.69) is 5.32 Å². The minimum Gasteiger partial charge on any atom is -0.376 e. The van der Waals surface area contributed by atoms with Gasteiger partial charge in [0.15, 0.2) is 0 Å². The molecular weight excluding hydrogens is 294 g/mol. The maximum Gasteiger partial charge on any atom is 0.229 e. The summed E-state index contributed by atoms with van der Waals surface area (Å²) >= 11 is 0. The molecule has 0 spiro atoms. The highest BCUT2D eigenvalue weighted by Gasteiger charge is 2.35. The quantitative estimate of drug-likeness (QED) is 0.913.